The van der Waals surface area contributed by atoms with E-state index >= 15 is 0 Å². The summed E-state index contributed by atoms with van der Waals surface area (Å²) in [7, 11) is 0. The molecule has 0 saturated heterocycles. The molecule has 1 heterocycles. The van der Waals surface area contributed by atoms with Gasteiger partial charge in [0, 0.05) is 12.5 Å². The van der Waals surface area contributed by atoms with Gasteiger partial charge in [-0.05, 0) is 13.3 Å². The lowest BCUT2D eigenvalue weighted by Gasteiger charge is -2.20. The molecule has 4 nitrogen and oxygen atoms in total. The predicted molar refractivity (Wildman–Crippen MR) is 62.5 cm³/mol. The Kier molecular flexibility index (Phi) is 5.90. The lowest BCUT2D eigenvalue weighted by molar-refractivity contribution is -0.137. The number of hydrogen-bond donors (Lipinski definition) is 0. The molecular weight excluding hydrogens is 206 g/mol. The first-order valence-corrected chi connectivity index (χ1v) is 6.12. The smallest absolute Gasteiger partial charge is 0.393 e. The van der Waals surface area contributed by atoms with Crippen LogP contribution in [0.15, 0.2) is 4.99 Å². The normalized spacial score (nSPS) is 19.9. The number of aliphatic imine (C=N–C) groups is 1. The van der Waals surface area contributed by atoms with Gasteiger partial charge < -0.3 is 9.47 Å². The van der Waals surface area contributed by atoms with Crippen LogP contribution in [0.5, 0.6) is 0 Å². The fourth-order valence-corrected chi connectivity index (χ4v) is 1.68. The minimum atomic E-state index is -0.436. The van der Waals surface area contributed by atoms with Crippen LogP contribution in [0.25, 0.3) is 0 Å². The van der Waals surface area contributed by atoms with E-state index in [-0.39, 0.29) is 5.90 Å². The van der Waals surface area contributed by atoms with Gasteiger partial charge in [0.2, 0.25) is 0 Å². The topological polar surface area (TPSA) is 47.9 Å². The van der Waals surface area contributed by atoms with E-state index in [0.717, 1.165) is 6.42 Å². The maximum absolute atomic E-state index is 11.3. The molecule has 0 spiro atoms. The second-order valence-electron chi connectivity index (χ2n) is 4.04. The summed E-state index contributed by atoms with van der Waals surface area (Å²) in [5, 5.41) is 0. The van der Waals surface area contributed by atoms with Crippen molar-refractivity contribution in [1.82, 2.24) is 0 Å². The van der Waals surface area contributed by atoms with Gasteiger partial charge in [0.15, 0.2) is 0 Å². The Labute approximate surface area is 97.0 Å². The molecule has 0 aromatic heterocycles. The molecule has 0 fully saturated rings. The lowest BCUT2D eigenvalue weighted by Crippen LogP contribution is -2.29. The maximum Gasteiger partial charge on any atom is 0.393 e. The summed E-state index contributed by atoms with van der Waals surface area (Å²) in [5.74, 6) is 0.174. The monoisotopic (exact) mass is 227 g/mol. The van der Waals surface area contributed by atoms with E-state index in [4.69, 9.17) is 9.47 Å². The average molecular weight is 227 g/mol. The van der Waals surface area contributed by atoms with Crippen molar-refractivity contribution in [2.75, 3.05) is 19.8 Å². The molecule has 1 aliphatic heterocycles. The maximum atomic E-state index is 11.3. The van der Waals surface area contributed by atoms with Crippen molar-refractivity contribution in [3.8, 4) is 0 Å². The van der Waals surface area contributed by atoms with Gasteiger partial charge in [0.1, 0.15) is 0 Å². The number of unbranched alkanes of at least 4 members (excludes halogenated alkanes) is 2. The first kappa shape index (κ1) is 13.0. The van der Waals surface area contributed by atoms with E-state index in [1.807, 2.05) is 0 Å². The second-order valence-corrected chi connectivity index (χ2v) is 4.04. The van der Waals surface area contributed by atoms with Gasteiger partial charge in [-0.15, -0.1) is 0 Å². The number of ether oxygens (including phenoxy) is 2. The van der Waals surface area contributed by atoms with Crippen LogP contribution in [0.3, 0.4) is 0 Å². The molecule has 16 heavy (non-hydrogen) atoms. The van der Waals surface area contributed by atoms with Gasteiger partial charge in [-0.3, -0.25) is 0 Å². The zero-order valence-corrected chi connectivity index (χ0v) is 10.2. The first-order chi connectivity index (χ1) is 7.77. The Morgan fingerprint density at radius 3 is 2.88 bits per heavy atom. The van der Waals surface area contributed by atoms with Gasteiger partial charge >= 0.3 is 5.97 Å². The van der Waals surface area contributed by atoms with Crippen molar-refractivity contribution in [2.24, 2.45) is 10.9 Å². The van der Waals surface area contributed by atoms with E-state index in [0.29, 0.717) is 25.7 Å². The minimum absolute atomic E-state index is 0.147. The summed E-state index contributed by atoms with van der Waals surface area (Å²) in [5.41, 5.74) is 0. The zero-order valence-electron chi connectivity index (χ0n) is 10.2. The van der Waals surface area contributed by atoms with E-state index < -0.39 is 5.97 Å². The van der Waals surface area contributed by atoms with Crippen LogP contribution in [-0.4, -0.2) is 31.6 Å². The number of carbonyl (C=O) groups is 1. The third-order valence-electron chi connectivity index (χ3n) is 2.61. The fraction of sp³-hybridized carbons (Fsp3) is 0.833. The van der Waals surface area contributed by atoms with Crippen molar-refractivity contribution < 1.29 is 14.3 Å². The van der Waals surface area contributed by atoms with E-state index in [9.17, 15) is 4.79 Å². The molecule has 0 saturated carbocycles. The summed E-state index contributed by atoms with van der Waals surface area (Å²) in [4.78, 5) is 15.4. The van der Waals surface area contributed by atoms with E-state index in [2.05, 4.69) is 11.9 Å². The summed E-state index contributed by atoms with van der Waals surface area (Å²) >= 11 is 0. The standard InChI is InChI=1S/C12H21NO3/c1-3-5-6-7-10-8-13-11(16-9-10)12(14)15-4-2/h10H,3-9H2,1-2H3. The number of rotatable bonds is 6. The van der Waals surface area contributed by atoms with Gasteiger partial charge in [0.05, 0.1) is 13.2 Å². The lowest BCUT2D eigenvalue weighted by atomic mass is 10.0. The van der Waals surface area contributed by atoms with Gasteiger partial charge in [-0.1, -0.05) is 26.2 Å². The van der Waals surface area contributed by atoms with Crippen molar-refractivity contribution in [3.05, 3.63) is 0 Å². The van der Waals surface area contributed by atoms with Crippen LogP contribution in [0.1, 0.15) is 39.5 Å². The Morgan fingerprint density at radius 2 is 2.31 bits per heavy atom. The van der Waals surface area contributed by atoms with E-state index in [1.54, 1.807) is 6.92 Å². The largest absolute Gasteiger partial charge is 0.472 e. The van der Waals surface area contributed by atoms with Crippen LogP contribution in [-0.2, 0) is 14.3 Å². The third kappa shape index (κ3) is 4.21. The van der Waals surface area contributed by atoms with Gasteiger partial charge in [-0.2, -0.15) is 0 Å². The highest BCUT2D eigenvalue weighted by atomic mass is 16.6. The molecule has 0 aromatic rings. The molecule has 92 valence electrons. The highest BCUT2D eigenvalue weighted by Gasteiger charge is 2.22. The molecule has 0 N–H and O–H groups in total. The zero-order chi connectivity index (χ0) is 11.8. The quantitative estimate of drug-likeness (QED) is 0.516. The minimum Gasteiger partial charge on any atom is -0.472 e. The SMILES string of the molecule is CCCCCC1CN=C(C(=O)OCC)OC1. The van der Waals surface area contributed by atoms with Crippen molar-refractivity contribution in [1.29, 1.82) is 0 Å². The molecule has 0 radical (unpaired) electrons. The average Bonchev–Trinajstić information content (AvgIpc) is 2.30. The molecule has 0 aliphatic carbocycles. The number of nitrogens with zero attached hydrogens (tertiary/aromatic N) is 1. The van der Waals surface area contributed by atoms with Crippen LogP contribution in [0.2, 0.25) is 0 Å². The van der Waals surface area contributed by atoms with Crippen molar-refractivity contribution in [3.63, 3.8) is 0 Å². The highest BCUT2D eigenvalue weighted by molar-refractivity contribution is 6.32. The van der Waals surface area contributed by atoms with Gasteiger partial charge in [0.25, 0.3) is 5.90 Å². The molecule has 1 aliphatic rings. The highest BCUT2D eigenvalue weighted by Crippen LogP contribution is 2.15. The summed E-state index contributed by atoms with van der Waals surface area (Å²) in [6.45, 7) is 5.61. The van der Waals surface area contributed by atoms with Crippen molar-refractivity contribution in [2.45, 2.75) is 39.5 Å². The molecule has 1 atom stereocenters. The Morgan fingerprint density at radius 1 is 1.50 bits per heavy atom. The van der Waals surface area contributed by atoms with Gasteiger partial charge in [-0.25, -0.2) is 9.79 Å². The van der Waals surface area contributed by atoms with Crippen LogP contribution in [0, 0.1) is 5.92 Å². The summed E-state index contributed by atoms with van der Waals surface area (Å²) in [6, 6.07) is 0. The fourth-order valence-electron chi connectivity index (χ4n) is 1.68. The number of hydrogen-bond acceptors (Lipinski definition) is 4. The van der Waals surface area contributed by atoms with Crippen LogP contribution >= 0.6 is 0 Å². The molecule has 0 bridgehead atoms. The Hall–Kier alpha value is -1.06. The molecule has 1 unspecified atom stereocenters. The van der Waals surface area contributed by atoms with Crippen LogP contribution < -0.4 is 0 Å². The molecule has 4 heteroatoms. The third-order valence-corrected chi connectivity index (χ3v) is 2.61. The summed E-state index contributed by atoms with van der Waals surface area (Å²) in [6.07, 6.45) is 4.83. The number of carbonyl (C=O) groups excluding carboxylic acids is 1. The Balaban J connectivity index is 2.28. The predicted octanol–water partition coefficient (Wildman–Crippen LogP) is 2.17. The second kappa shape index (κ2) is 7.25. The Bertz CT molecular complexity index is 251. The van der Waals surface area contributed by atoms with Crippen molar-refractivity contribution >= 4 is 11.9 Å². The molecule has 0 aromatic carbocycles. The molecule has 0 amide bonds. The molecule has 1 rings (SSSR count). The summed E-state index contributed by atoms with van der Waals surface area (Å²) < 4.78 is 10.1. The van der Waals surface area contributed by atoms with E-state index in [1.165, 1.54) is 19.3 Å². The molecular formula is C12H21NO3. The van der Waals surface area contributed by atoms with Crippen LogP contribution in [0.4, 0.5) is 0 Å². The number of esters is 1. The first-order valence-electron chi connectivity index (χ1n) is 6.12.